The molecule has 4 nitrogen and oxygen atoms in total. The van der Waals surface area contributed by atoms with Crippen molar-refractivity contribution in [3.63, 3.8) is 0 Å². The number of carbonyl (C=O) groups is 1. The summed E-state index contributed by atoms with van der Waals surface area (Å²) in [5.74, 6) is -0.288. The minimum absolute atomic E-state index is 0.0278. The summed E-state index contributed by atoms with van der Waals surface area (Å²) >= 11 is 0. The normalized spacial score (nSPS) is 25.6. The predicted octanol–water partition coefficient (Wildman–Crippen LogP) is -0.242. The third-order valence-corrected chi connectivity index (χ3v) is 2.17. The topological polar surface area (TPSA) is 78.3 Å². The highest BCUT2D eigenvalue weighted by Crippen LogP contribution is 2.16. The number of ether oxygens (including phenoxy) is 1. The van der Waals surface area contributed by atoms with Gasteiger partial charge in [-0.15, -0.1) is 0 Å². The van der Waals surface area contributed by atoms with E-state index in [1.807, 2.05) is 0 Å². The Balaban J connectivity index is 2.17. The second kappa shape index (κ2) is 4.42. The van der Waals surface area contributed by atoms with Crippen LogP contribution in [0.4, 0.5) is 0 Å². The molecule has 1 aliphatic rings. The molecule has 4 heteroatoms. The van der Waals surface area contributed by atoms with Crippen LogP contribution in [0.25, 0.3) is 0 Å². The van der Waals surface area contributed by atoms with Gasteiger partial charge in [0.1, 0.15) is 0 Å². The van der Waals surface area contributed by atoms with Crippen LogP contribution >= 0.6 is 0 Å². The Labute approximate surface area is 72.2 Å². The number of primary amides is 1. The first kappa shape index (κ1) is 9.48. The third-order valence-electron chi connectivity index (χ3n) is 2.17. The molecule has 1 heterocycles. The molecule has 12 heavy (non-hydrogen) atoms. The molecule has 0 spiro atoms. The van der Waals surface area contributed by atoms with Gasteiger partial charge in [-0.1, -0.05) is 0 Å². The molecule has 0 aromatic rings. The fourth-order valence-electron chi connectivity index (χ4n) is 1.44. The van der Waals surface area contributed by atoms with Crippen LogP contribution < -0.4 is 11.5 Å². The van der Waals surface area contributed by atoms with Gasteiger partial charge in [-0.2, -0.15) is 0 Å². The predicted molar refractivity (Wildman–Crippen MR) is 45.4 cm³/mol. The van der Waals surface area contributed by atoms with Crippen molar-refractivity contribution < 1.29 is 9.53 Å². The molecule has 0 aliphatic carbocycles. The molecule has 2 atom stereocenters. The first-order valence-electron chi connectivity index (χ1n) is 4.35. The van der Waals surface area contributed by atoms with E-state index in [4.69, 9.17) is 16.2 Å². The van der Waals surface area contributed by atoms with E-state index in [0.29, 0.717) is 12.8 Å². The lowest BCUT2D eigenvalue weighted by Gasteiger charge is -2.17. The smallest absolute Gasteiger partial charge is 0.217 e. The van der Waals surface area contributed by atoms with Crippen LogP contribution in [0.1, 0.15) is 25.7 Å². The third kappa shape index (κ3) is 2.79. The standard InChI is InChI=1S/C8H16N2O2/c9-6(3-4-8(10)11)7-2-1-5-12-7/h6-7H,1-5,9H2,(H2,10,11). The van der Waals surface area contributed by atoms with Gasteiger partial charge in [-0.25, -0.2) is 0 Å². The molecular weight excluding hydrogens is 156 g/mol. The summed E-state index contributed by atoms with van der Waals surface area (Å²) in [6.07, 6.45) is 3.24. The van der Waals surface area contributed by atoms with Crippen molar-refractivity contribution in [1.82, 2.24) is 0 Å². The Kier molecular flexibility index (Phi) is 3.49. The Bertz CT molecular complexity index is 155. The Morgan fingerprint density at radius 3 is 2.92 bits per heavy atom. The molecule has 0 aromatic carbocycles. The van der Waals surface area contributed by atoms with E-state index in [9.17, 15) is 4.79 Å². The lowest BCUT2D eigenvalue weighted by molar-refractivity contribution is -0.118. The van der Waals surface area contributed by atoms with Crippen LogP contribution in [0.2, 0.25) is 0 Å². The average molecular weight is 172 g/mol. The fraction of sp³-hybridized carbons (Fsp3) is 0.875. The zero-order chi connectivity index (χ0) is 8.97. The molecule has 1 amide bonds. The molecule has 0 saturated carbocycles. The van der Waals surface area contributed by atoms with Crippen LogP contribution in [-0.4, -0.2) is 24.7 Å². The summed E-state index contributed by atoms with van der Waals surface area (Å²) in [7, 11) is 0. The molecule has 4 N–H and O–H groups in total. The van der Waals surface area contributed by atoms with Gasteiger partial charge in [0.05, 0.1) is 6.10 Å². The molecule has 0 aromatic heterocycles. The number of nitrogens with two attached hydrogens (primary N) is 2. The van der Waals surface area contributed by atoms with Crippen molar-refractivity contribution in [1.29, 1.82) is 0 Å². The SMILES string of the molecule is NC(=O)CCC(N)C1CCCO1. The maximum absolute atomic E-state index is 10.4. The highest BCUT2D eigenvalue weighted by molar-refractivity contribution is 5.73. The maximum Gasteiger partial charge on any atom is 0.217 e. The number of rotatable bonds is 4. The van der Waals surface area contributed by atoms with E-state index in [0.717, 1.165) is 19.4 Å². The van der Waals surface area contributed by atoms with Crippen LogP contribution in [0.3, 0.4) is 0 Å². The molecule has 0 bridgehead atoms. The van der Waals surface area contributed by atoms with Crippen LogP contribution in [-0.2, 0) is 9.53 Å². The molecule has 70 valence electrons. The Hall–Kier alpha value is -0.610. The van der Waals surface area contributed by atoms with Gasteiger partial charge in [0.2, 0.25) is 5.91 Å². The largest absolute Gasteiger partial charge is 0.377 e. The minimum atomic E-state index is -0.288. The van der Waals surface area contributed by atoms with Gasteiger partial charge in [0.25, 0.3) is 0 Å². The lowest BCUT2D eigenvalue weighted by Crippen LogP contribution is -2.35. The highest BCUT2D eigenvalue weighted by atomic mass is 16.5. The van der Waals surface area contributed by atoms with E-state index in [1.165, 1.54) is 0 Å². The molecular formula is C8H16N2O2. The highest BCUT2D eigenvalue weighted by Gasteiger charge is 2.22. The van der Waals surface area contributed by atoms with E-state index in [-0.39, 0.29) is 18.1 Å². The van der Waals surface area contributed by atoms with E-state index in [1.54, 1.807) is 0 Å². The zero-order valence-corrected chi connectivity index (χ0v) is 7.16. The first-order valence-corrected chi connectivity index (χ1v) is 4.35. The number of amides is 1. The quantitative estimate of drug-likeness (QED) is 0.614. The van der Waals surface area contributed by atoms with E-state index < -0.39 is 0 Å². The van der Waals surface area contributed by atoms with Crippen molar-refractivity contribution in [2.45, 2.75) is 37.8 Å². The summed E-state index contributed by atoms with van der Waals surface area (Å²) < 4.78 is 5.37. The van der Waals surface area contributed by atoms with Gasteiger partial charge >= 0.3 is 0 Å². The average Bonchev–Trinajstić information content (AvgIpc) is 2.51. The molecule has 1 fully saturated rings. The summed E-state index contributed by atoms with van der Waals surface area (Å²) in [5, 5.41) is 0. The van der Waals surface area contributed by atoms with Gasteiger partial charge in [-0.05, 0) is 19.3 Å². The molecule has 1 saturated heterocycles. The second-order valence-electron chi connectivity index (χ2n) is 3.22. The molecule has 1 aliphatic heterocycles. The number of hydrogen-bond donors (Lipinski definition) is 2. The number of hydrogen-bond acceptors (Lipinski definition) is 3. The summed E-state index contributed by atoms with van der Waals surface area (Å²) in [6.45, 7) is 0.801. The Morgan fingerprint density at radius 2 is 2.42 bits per heavy atom. The summed E-state index contributed by atoms with van der Waals surface area (Å²) in [6, 6.07) is -0.0278. The minimum Gasteiger partial charge on any atom is -0.377 e. The molecule has 2 unspecified atom stereocenters. The van der Waals surface area contributed by atoms with Gasteiger partial charge in [0.15, 0.2) is 0 Å². The van der Waals surface area contributed by atoms with Crippen LogP contribution in [0.15, 0.2) is 0 Å². The van der Waals surface area contributed by atoms with Gasteiger partial charge < -0.3 is 16.2 Å². The second-order valence-corrected chi connectivity index (χ2v) is 3.22. The van der Waals surface area contributed by atoms with Crippen molar-refractivity contribution in [3.05, 3.63) is 0 Å². The lowest BCUT2D eigenvalue weighted by atomic mass is 10.0. The summed E-state index contributed by atoms with van der Waals surface area (Å²) in [4.78, 5) is 10.4. The van der Waals surface area contributed by atoms with E-state index >= 15 is 0 Å². The fourth-order valence-corrected chi connectivity index (χ4v) is 1.44. The van der Waals surface area contributed by atoms with Crippen molar-refractivity contribution >= 4 is 5.91 Å². The molecule has 0 radical (unpaired) electrons. The van der Waals surface area contributed by atoms with Crippen molar-refractivity contribution in [3.8, 4) is 0 Å². The van der Waals surface area contributed by atoms with Crippen molar-refractivity contribution in [2.75, 3.05) is 6.61 Å². The zero-order valence-electron chi connectivity index (χ0n) is 7.16. The monoisotopic (exact) mass is 172 g/mol. The van der Waals surface area contributed by atoms with E-state index in [2.05, 4.69) is 0 Å². The number of carbonyl (C=O) groups excluding carboxylic acids is 1. The van der Waals surface area contributed by atoms with Gasteiger partial charge in [0, 0.05) is 19.1 Å². The first-order chi connectivity index (χ1) is 5.70. The summed E-state index contributed by atoms with van der Waals surface area (Å²) in [5.41, 5.74) is 10.8. The molecule has 1 rings (SSSR count). The van der Waals surface area contributed by atoms with Crippen LogP contribution in [0, 0.1) is 0 Å². The van der Waals surface area contributed by atoms with Crippen LogP contribution in [0.5, 0.6) is 0 Å². The maximum atomic E-state index is 10.4. The van der Waals surface area contributed by atoms with Crippen molar-refractivity contribution in [2.24, 2.45) is 11.5 Å². The Morgan fingerprint density at radius 1 is 1.67 bits per heavy atom. The van der Waals surface area contributed by atoms with Gasteiger partial charge in [-0.3, -0.25) is 4.79 Å².